The molecular weight excluding hydrogens is 515 g/mol. The molecule has 0 saturated carbocycles. The highest BCUT2D eigenvalue weighted by molar-refractivity contribution is 5.63. The van der Waals surface area contributed by atoms with E-state index in [2.05, 4.69) is 4.98 Å². The number of nitro benzene ring substituents is 1. The maximum absolute atomic E-state index is 13.5. The van der Waals surface area contributed by atoms with Crippen LogP contribution >= 0.6 is 0 Å². The molecule has 0 spiro atoms. The summed E-state index contributed by atoms with van der Waals surface area (Å²) in [6, 6.07) is 3.15. The van der Waals surface area contributed by atoms with Crippen LogP contribution in [0.5, 0.6) is 0 Å². The van der Waals surface area contributed by atoms with Crippen LogP contribution in [0.25, 0.3) is 5.69 Å². The van der Waals surface area contributed by atoms with Crippen molar-refractivity contribution in [3.05, 3.63) is 85.3 Å². The van der Waals surface area contributed by atoms with Gasteiger partial charge in [-0.15, -0.1) is 0 Å². The van der Waals surface area contributed by atoms with Crippen LogP contribution in [-0.4, -0.2) is 14.5 Å². The Balaban J connectivity index is 2.29. The van der Waals surface area contributed by atoms with Crippen LogP contribution in [0.1, 0.15) is 22.4 Å². The van der Waals surface area contributed by atoms with Crippen LogP contribution in [0.15, 0.2) is 47.3 Å². The van der Waals surface area contributed by atoms with Gasteiger partial charge in [0.05, 0.1) is 27.4 Å². The van der Waals surface area contributed by atoms with Crippen LogP contribution < -0.4 is 10.9 Å². The number of benzene rings is 2. The largest absolute Gasteiger partial charge is 0.433 e. The molecule has 36 heavy (non-hydrogen) atoms. The van der Waals surface area contributed by atoms with Crippen molar-refractivity contribution in [3.63, 3.8) is 0 Å². The molecule has 0 aliphatic carbocycles. The number of hydrogen-bond donors (Lipinski definition) is 1. The SMILES string of the molecule is Cc1cc([N+](=O)[O-])ccc1-n1c(Nc2ccc(C(F)(F)F)cc2C(F)(F)F)nc(C(F)(F)F)cc1=O. The Morgan fingerprint density at radius 2 is 1.53 bits per heavy atom. The molecule has 1 heterocycles. The first-order valence-electron chi connectivity index (χ1n) is 9.42. The number of anilines is 2. The van der Waals surface area contributed by atoms with Gasteiger partial charge in [0.2, 0.25) is 5.95 Å². The van der Waals surface area contributed by atoms with E-state index in [1.165, 1.54) is 6.92 Å². The maximum Gasteiger partial charge on any atom is 0.433 e. The van der Waals surface area contributed by atoms with Gasteiger partial charge in [0.1, 0.15) is 0 Å². The van der Waals surface area contributed by atoms with E-state index in [0.717, 1.165) is 18.2 Å². The molecule has 0 bridgehead atoms. The highest BCUT2D eigenvalue weighted by Crippen LogP contribution is 2.40. The molecular formula is C20H11F9N4O3. The zero-order chi connectivity index (χ0) is 27.2. The fourth-order valence-electron chi connectivity index (χ4n) is 3.13. The van der Waals surface area contributed by atoms with Crippen molar-refractivity contribution >= 4 is 17.3 Å². The van der Waals surface area contributed by atoms with Crippen molar-refractivity contribution in [3.8, 4) is 5.69 Å². The standard InChI is InChI=1S/C20H11F9N4O3/c1-9-6-11(33(35)36)3-5-14(9)32-16(34)8-15(20(27,28)29)31-17(32)30-13-4-2-10(18(21,22)23)7-12(13)19(24,25)26/h2-8H,1H3,(H,30,31). The monoisotopic (exact) mass is 526 g/mol. The maximum atomic E-state index is 13.5. The van der Waals surface area contributed by atoms with E-state index in [9.17, 15) is 54.4 Å². The first kappa shape index (κ1) is 26.5. The van der Waals surface area contributed by atoms with E-state index in [4.69, 9.17) is 0 Å². The lowest BCUT2D eigenvalue weighted by atomic mass is 10.1. The summed E-state index contributed by atoms with van der Waals surface area (Å²) in [4.78, 5) is 25.9. The quantitative estimate of drug-likeness (QED) is 0.247. The number of nitro groups is 1. The van der Waals surface area contributed by atoms with Crippen molar-refractivity contribution in [1.82, 2.24) is 9.55 Å². The van der Waals surface area contributed by atoms with E-state index in [1.54, 1.807) is 0 Å². The minimum atomic E-state index is -5.39. The third kappa shape index (κ3) is 5.41. The molecule has 0 unspecified atom stereocenters. The third-order valence-electron chi connectivity index (χ3n) is 4.74. The Bertz CT molecular complexity index is 1390. The first-order valence-corrected chi connectivity index (χ1v) is 9.42. The zero-order valence-corrected chi connectivity index (χ0v) is 17.5. The van der Waals surface area contributed by atoms with Gasteiger partial charge in [-0.2, -0.15) is 39.5 Å². The number of non-ortho nitro benzene ring substituents is 1. The molecule has 7 nitrogen and oxygen atoms in total. The fourth-order valence-corrected chi connectivity index (χ4v) is 3.13. The van der Waals surface area contributed by atoms with Gasteiger partial charge in [-0.05, 0) is 36.8 Å². The summed E-state index contributed by atoms with van der Waals surface area (Å²) in [5, 5.41) is 12.8. The lowest BCUT2D eigenvalue weighted by Gasteiger charge is -2.20. The van der Waals surface area contributed by atoms with Crippen molar-refractivity contribution < 1.29 is 44.4 Å². The summed E-state index contributed by atoms with van der Waals surface area (Å²) >= 11 is 0. The minimum Gasteiger partial charge on any atom is -0.325 e. The van der Waals surface area contributed by atoms with Crippen LogP contribution in [0.4, 0.5) is 56.8 Å². The van der Waals surface area contributed by atoms with Crippen LogP contribution in [-0.2, 0) is 18.5 Å². The lowest BCUT2D eigenvalue weighted by molar-refractivity contribution is -0.384. The Hall–Kier alpha value is -4.11. The molecule has 1 aromatic heterocycles. The Morgan fingerprint density at radius 3 is 2.03 bits per heavy atom. The summed E-state index contributed by atoms with van der Waals surface area (Å²) in [7, 11) is 0. The number of hydrogen-bond acceptors (Lipinski definition) is 5. The highest BCUT2D eigenvalue weighted by atomic mass is 19.4. The molecule has 192 valence electrons. The Labute approximate surface area is 194 Å². The zero-order valence-electron chi connectivity index (χ0n) is 17.5. The average molecular weight is 526 g/mol. The molecule has 0 saturated heterocycles. The van der Waals surface area contributed by atoms with Gasteiger partial charge >= 0.3 is 18.5 Å². The summed E-state index contributed by atoms with van der Waals surface area (Å²) in [5.41, 5.74) is -8.72. The second kappa shape index (κ2) is 8.83. The van der Waals surface area contributed by atoms with Crippen molar-refractivity contribution in [2.45, 2.75) is 25.5 Å². The molecule has 0 amide bonds. The van der Waals surface area contributed by atoms with E-state index in [-0.39, 0.29) is 29.4 Å². The van der Waals surface area contributed by atoms with Crippen molar-refractivity contribution in [2.75, 3.05) is 5.32 Å². The van der Waals surface area contributed by atoms with E-state index in [1.807, 2.05) is 5.32 Å². The number of nitrogens with zero attached hydrogens (tertiary/aromatic N) is 3. The highest BCUT2D eigenvalue weighted by Gasteiger charge is 2.39. The summed E-state index contributed by atoms with van der Waals surface area (Å²) in [6.45, 7) is 1.23. The molecule has 1 N–H and O–H groups in total. The van der Waals surface area contributed by atoms with E-state index < -0.39 is 63.2 Å². The number of halogens is 9. The predicted octanol–water partition coefficient (Wildman–Crippen LogP) is 6.25. The second-order valence-corrected chi connectivity index (χ2v) is 7.25. The van der Waals surface area contributed by atoms with Crippen LogP contribution in [0.3, 0.4) is 0 Å². The van der Waals surface area contributed by atoms with Gasteiger partial charge in [0.15, 0.2) is 5.69 Å². The number of aryl methyl sites for hydroxylation is 1. The Morgan fingerprint density at radius 1 is 0.889 bits per heavy atom. The summed E-state index contributed by atoms with van der Waals surface area (Å²) in [5.74, 6) is -1.13. The molecule has 3 aromatic rings. The number of rotatable bonds is 4. The van der Waals surface area contributed by atoms with Crippen molar-refractivity contribution in [2.24, 2.45) is 0 Å². The first-order chi connectivity index (χ1) is 16.4. The predicted molar refractivity (Wildman–Crippen MR) is 106 cm³/mol. The van der Waals surface area contributed by atoms with Gasteiger partial charge in [-0.25, -0.2) is 9.55 Å². The summed E-state index contributed by atoms with van der Waals surface area (Å²) in [6.07, 6.45) is -15.8. The average Bonchev–Trinajstić information content (AvgIpc) is 2.72. The molecule has 0 aliphatic rings. The van der Waals surface area contributed by atoms with Gasteiger partial charge < -0.3 is 5.32 Å². The second-order valence-electron chi connectivity index (χ2n) is 7.25. The lowest BCUT2D eigenvalue weighted by Crippen LogP contribution is -2.26. The van der Waals surface area contributed by atoms with E-state index >= 15 is 0 Å². The molecule has 0 fully saturated rings. The third-order valence-corrected chi connectivity index (χ3v) is 4.74. The molecule has 0 atom stereocenters. The van der Waals surface area contributed by atoms with Crippen LogP contribution in [0.2, 0.25) is 0 Å². The van der Waals surface area contributed by atoms with Gasteiger partial charge in [0.25, 0.3) is 11.2 Å². The normalized spacial score (nSPS) is 12.5. The number of nitrogens with one attached hydrogen (secondary N) is 1. The smallest absolute Gasteiger partial charge is 0.325 e. The number of alkyl halides is 9. The molecule has 16 heteroatoms. The van der Waals surface area contributed by atoms with Gasteiger partial charge in [0, 0.05) is 18.2 Å². The molecule has 0 aliphatic heterocycles. The van der Waals surface area contributed by atoms with Gasteiger partial charge in [-0.1, -0.05) is 0 Å². The van der Waals surface area contributed by atoms with Crippen LogP contribution in [0, 0.1) is 17.0 Å². The number of aromatic nitrogens is 2. The minimum absolute atomic E-state index is 0.0422. The fraction of sp³-hybridized carbons (Fsp3) is 0.200. The Kier molecular flexibility index (Phi) is 6.50. The summed E-state index contributed by atoms with van der Waals surface area (Å²) < 4.78 is 120. The molecule has 0 radical (unpaired) electrons. The van der Waals surface area contributed by atoms with Gasteiger partial charge in [-0.3, -0.25) is 14.9 Å². The molecule has 3 rings (SSSR count). The van der Waals surface area contributed by atoms with Crippen molar-refractivity contribution in [1.29, 1.82) is 0 Å². The topological polar surface area (TPSA) is 90.1 Å². The molecule has 2 aromatic carbocycles. The van der Waals surface area contributed by atoms with E-state index in [0.29, 0.717) is 10.6 Å².